The van der Waals surface area contributed by atoms with Gasteiger partial charge in [-0.1, -0.05) is 6.92 Å². The number of methoxy groups -OCH3 is 1. The van der Waals surface area contributed by atoms with Gasteiger partial charge in [0.15, 0.2) is 0 Å². The highest BCUT2D eigenvalue weighted by Gasteiger charge is 2.08. The molecule has 12 heavy (non-hydrogen) atoms. The minimum absolute atomic E-state index is 0.295. The summed E-state index contributed by atoms with van der Waals surface area (Å²) in [7, 11) is 1.67. The van der Waals surface area contributed by atoms with Crippen LogP contribution in [0, 0.1) is 0 Å². The van der Waals surface area contributed by atoms with Gasteiger partial charge in [-0.05, 0) is 6.54 Å². The SMILES string of the molecule is CCN(CCOC)CC(O)CCl. The molecule has 0 aromatic heterocycles. The van der Waals surface area contributed by atoms with Crippen molar-refractivity contribution in [2.75, 3.05) is 39.2 Å². The summed E-state index contributed by atoms with van der Waals surface area (Å²) in [6.45, 7) is 5.14. The van der Waals surface area contributed by atoms with Crippen molar-refractivity contribution in [3.05, 3.63) is 0 Å². The highest BCUT2D eigenvalue weighted by molar-refractivity contribution is 6.18. The first-order valence-electron chi connectivity index (χ1n) is 4.19. The van der Waals surface area contributed by atoms with E-state index in [1.165, 1.54) is 0 Å². The molecule has 0 amide bonds. The van der Waals surface area contributed by atoms with Crippen molar-refractivity contribution < 1.29 is 9.84 Å². The van der Waals surface area contributed by atoms with Gasteiger partial charge >= 0.3 is 0 Å². The summed E-state index contributed by atoms with van der Waals surface area (Å²) in [5.41, 5.74) is 0. The van der Waals surface area contributed by atoms with E-state index in [0.29, 0.717) is 19.0 Å². The molecule has 1 atom stereocenters. The van der Waals surface area contributed by atoms with Gasteiger partial charge in [0.2, 0.25) is 0 Å². The summed E-state index contributed by atoms with van der Waals surface area (Å²) in [5.74, 6) is 0.295. The second kappa shape index (κ2) is 7.80. The Bertz CT molecular complexity index is 103. The van der Waals surface area contributed by atoms with Gasteiger partial charge in [-0.15, -0.1) is 11.6 Å². The lowest BCUT2D eigenvalue weighted by atomic mass is 10.3. The second-order valence-corrected chi connectivity index (χ2v) is 3.00. The Morgan fingerprint density at radius 2 is 2.25 bits per heavy atom. The van der Waals surface area contributed by atoms with E-state index in [1.54, 1.807) is 7.11 Å². The van der Waals surface area contributed by atoms with Crippen molar-refractivity contribution >= 4 is 11.6 Å². The maximum absolute atomic E-state index is 9.24. The lowest BCUT2D eigenvalue weighted by Gasteiger charge is -2.21. The third kappa shape index (κ3) is 5.77. The number of ether oxygens (including phenoxy) is 1. The summed E-state index contributed by atoms with van der Waals surface area (Å²) in [6.07, 6.45) is -0.427. The van der Waals surface area contributed by atoms with Crippen LogP contribution in [-0.4, -0.2) is 55.3 Å². The lowest BCUT2D eigenvalue weighted by molar-refractivity contribution is 0.103. The third-order valence-corrected chi connectivity index (χ3v) is 2.06. The number of rotatable bonds is 7. The van der Waals surface area contributed by atoms with Crippen LogP contribution < -0.4 is 0 Å². The van der Waals surface area contributed by atoms with Gasteiger partial charge in [0.05, 0.1) is 12.7 Å². The Kier molecular flexibility index (Phi) is 7.91. The molecule has 74 valence electrons. The molecule has 0 radical (unpaired) electrons. The van der Waals surface area contributed by atoms with Crippen molar-refractivity contribution in [2.24, 2.45) is 0 Å². The molecule has 0 rings (SSSR count). The summed E-state index contributed by atoms with van der Waals surface area (Å²) < 4.78 is 4.93. The number of alkyl halides is 1. The van der Waals surface area contributed by atoms with E-state index in [1.807, 2.05) is 0 Å². The molecule has 0 spiro atoms. The molecule has 0 bridgehead atoms. The van der Waals surface area contributed by atoms with Gasteiger partial charge in [-0.25, -0.2) is 0 Å². The number of hydrogen-bond acceptors (Lipinski definition) is 3. The average Bonchev–Trinajstić information content (AvgIpc) is 2.11. The molecule has 0 aromatic carbocycles. The minimum atomic E-state index is -0.427. The molecule has 0 fully saturated rings. The Balaban J connectivity index is 3.51. The van der Waals surface area contributed by atoms with E-state index in [-0.39, 0.29) is 0 Å². The lowest BCUT2D eigenvalue weighted by Crippen LogP contribution is -2.35. The molecule has 0 aliphatic rings. The molecular formula is C8H18ClNO2. The van der Waals surface area contributed by atoms with Gasteiger partial charge in [0, 0.05) is 26.1 Å². The molecule has 1 N–H and O–H groups in total. The molecule has 0 aliphatic heterocycles. The number of likely N-dealkylation sites (N-methyl/N-ethyl adjacent to an activating group) is 1. The second-order valence-electron chi connectivity index (χ2n) is 2.69. The smallest absolute Gasteiger partial charge is 0.0802 e. The monoisotopic (exact) mass is 195 g/mol. The highest BCUT2D eigenvalue weighted by atomic mass is 35.5. The van der Waals surface area contributed by atoms with E-state index in [0.717, 1.165) is 13.1 Å². The largest absolute Gasteiger partial charge is 0.391 e. The average molecular weight is 196 g/mol. The summed E-state index contributed by atoms with van der Waals surface area (Å²) in [4.78, 5) is 2.11. The molecule has 4 heteroatoms. The Morgan fingerprint density at radius 3 is 2.67 bits per heavy atom. The molecule has 0 aromatic rings. The van der Waals surface area contributed by atoms with Crippen molar-refractivity contribution in [2.45, 2.75) is 13.0 Å². The number of hydrogen-bond donors (Lipinski definition) is 1. The number of aliphatic hydroxyl groups excluding tert-OH is 1. The predicted molar refractivity (Wildman–Crippen MR) is 50.7 cm³/mol. The first kappa shape index (κ1) is 12.2. The topological polar surface area (TPSA) is 32.7 Å². The first-order chi connectivity index (χ1) is 5.74. The number of nitrogens with zero attached hydrogens (tertiary/aromatic N) is 1. The summed E-state index contributed by atoms with van der Waals surface area (Å²) in [5, 5.41) is 9.24. The van der Waals surface area contributed by atoms with Crippen LogP contribution in [0.15, 0.2) is 0 Å². The Morgan fingerprint density at radius 1 is 1.58 bits per heavy atom. The van der Waals surface area contributed by atoms with Crippen molar-refractivity contribution in [1.29, 1.82) is 0 Å². The zero-order valence-electron chi connectivity index (χ0n) is 7.79. The van der Waals surface area contributed by atoms with Gasteiger partial charge < -0.3 is 9.84 Å². The zero-order chi connectivity index (χ0) is 9.40. The molecule has 3 nitrogen and oxygen atoms in total. The zero-order valence-corrected chi connectivity index (χ0v) is 8.55. The van der Waals surface area contributed by atoms with Gasteiger partial charge in [0.25, 0.3) is 0 Å². The maximum atomic E-state index is 9.24. The van der Waals surface area contributed by atoms with E-state index < -0.39 is 6.10 Å². The molecule has 1 unspecified atom stereocenters. The van der Waals surface area contributed by atoms with Crippen molar-refractivity contribution in [3.63, 3.8) is 0 Å². The standard InChI is InChI=1S/C8H18ClNO2/c1-3-10(4-5-12-2)7-8(11)6-9/h8,11H,3-7H2,1-2H3. The van der Waals surface area contributed by atoms with Crippen LogP contribution in [0.25, 0.3) is 0 Å². The van der Waals surface area contributed by atoms with Crippen LogP contribution in [0.1, 0.15) is 6.92 Å². The Hall–Kier alpha value is 0.170. The maximum Gasteiger partial charge on any atom is 0.0802 e. The fourth-order valence-corrected chi connectivity index (χ4v) is 1.04. The molecule has 0 saturated heterocycles. The first-order valence-corrected chi connectivity index (χ1v) is 4.73. The van der Waals surface area contributed by atoms with E-state index >= 15 is 0 Å². The van der Waals surface area contributed by atoms with Crippen LogP contribution in [0.4, 0.5) is 0 Å². The van der Waals surface area contributed by atoms with Gasteiger partial charge in [-0.3, -0.25) is 4.90 Å². The molecule has 0 aliphatic carbocycles. The van der Waals surface area contributed by atoms with Crippen molar-refractivity contribution in [1.82, 2.24) is 4.90 Å². The van der Waals surface area contributed by atoms with Crippen LogP contribution >= 0.6 is 11.6 Å². The number of halogens is 1. The van der Waals surface area contributed by atoms with E-state index in [9.17, 15) is 5.11 Å². The van der Waals surface area contributed by atoms with Crippen LogP contribution in [0.5, 0.6) is 0 Å². The van der Waals surface area contributed by atoms with E-state index in [2.05, 4.69) is 11.8 Å². The van der Waals surface area contributed by atoms with Gasteiger partial charge in [0.1, 0.15) is 0 Å². The quantitative estimate of drug-likeness (QED) is 0.603. The summed E-state index contributed by atoms with van der Waals surface area (Å²) in [6, 6.07) is 0. The van der Waals surface area contributed by atoms with Crippen molar-refractivity contribution in [3.8, 4) is 0 Å². The van der Waals surface area contributed by atoms with Crippen LogP contribution in [0.2, 0.25) is 0 Å². The molecular weight excluding hydrogens is 178 g/mol. The van der Waals surface area contributed by atoms with E-state index in [4.69, 9.17) is 16.3 Å². The summed E-state index contributed by atoms with van der Waals surface area (Å²) >= 11 is 5.48. The van der Waals surface area contributed by atoms with Crippen LogP contribution in [0.3, 0.4) is 0 Å². The number of aliphatic hydroxyl groups is 1. The fraction of sp³-hybridized carbons (Fsp3) is 1.00. The van der Waals surface area contributed by atoms with Gasteiger partial charge in [-0.2, -0.15) is 0 Å². The predicted octanol–water partition coefficient (Wildman–Crippen LogP) is 0.554. The Labute approximate surface area is 79.3 Å². The third-order valence-electron chi connectivity index (χ3n) is 1.71. The molecule has 0 saturated carbocycles. The normalized spacial score (nSPS) is 13.8. The molecule has 0 heterocycles. The minimum Gasteiger partial charge on any atom is -0.391 e. The highest BCUT2D eigenvalue weighted by Crippen LogP contribution is 1.94. The fourth-order valence-electron chi connectivity index (χ4n) is 0.946. The van der Waals surface area contributed by atoms with Crippen LogP contribution in [-0.2, 0) is 4.74 Å².